The van der Waals surface area contributed by atoms with E-state index < -0.39 is 0 Å². The van der Waals surface area contributed by atoms with Gasteiger partial charge in [0.2, 0.25) is 0 Å². The lowest BCUT2D eigenvalue weighted by Crippen LogP contribution is -2.30. The molecule has 0 saturated heterocycles. The van der Waals surface area contributed by atoms with Gasteiger partial charge in [0.1, 0.15) is 0 Å². The van der Waals surface area contributed by atoms with Gasteiger partial charge in [-0.15, -0.1) is 0 Å². The Hall–Kier alpha value is -1.69. The van der Waals surface area contributed by atoms with Gasteiger partial charge in [-0.05, 0) is 18.2 Å². The average molecular weight is 203 g/mol. The summed E-state index contributed by atoms with van der Waals surface area (Å²) in [5, 5.41) is 12.0. The summed E-state index contributed by atoms with van der Waals surface area (Å²) in [6.07, 6.45) is 0. The van der Waals surface area contributed by atoms with Crippen LogP contribution in [0.3, 0.4) is 0 Å². The van der Waals surface area contributed by atoms with Crippen LogP contribution in [-0.4, -0.2) is 20.1 Å². The fraction of sp³-hybridized carbons (Fsp3) is 0.417. The van der Waals surface area contributed by atoms with Crippen molar-refractivity contribution in [3.8, 4) is 6.07 Å². The lowest BCUT2D eigenvalue weighted by atomic mass is 10.1. The van der Waals surface area contributed by atoms with Crippen LogP contribution in [-0.2, 0) is 0 Å². The normalized spacial score (nSPS) is 12.8. The fourth-order valence-electron chi connectivity index (χ4n) is 1.55. The van der Waals surface area contributed by atoms with Crippen molar-refractivity contribution in [2.45, 2.75) is 13.8 Å². The minimum Gasteiger partial charge on any atom is -0.382 e. The van der Waals surface area contributed by atoms with Gasteiger partial charge in [-0.25, -0.2) is 0 Å². The van der Waals surface area contributed by atoms with E-state index in [1.807, 2.05) is 39.1 Å². The molecule has 1 N–H and O–H groups in total. The molecule has 1 heterocycles. The molecule has 0 aromatic heterocycles. The first-order valence-electron chi connectivity index (χ1n) is 5.30. The number of rotatable bonds is 0. The summed E-state index contributed by atoms with van der Waals surface area (Å²) in [5.41, 5.74) is 2.95. The Morgan fingerprint density at radius 1 is 1.40 bits per heavy atom. The van der Waals surface area contributed by atoms with E-state index in [9.17, 15) is 0 Å². The maximum Gasteiger partial charge on any atom is 0.0992 e. The third-order valence-corrected chi connectivity index (χ3v) is 2.30. The highest BCUT2D eigenvalue weighted by molar-refractivity contribution is 5.73. The lowest BCUT2D eigenvalue weighted by molar-refractivity contribution is 0.886. The van der Waals surface area contributed by atoms with E-state index in [1.165, 1.54) is 0 Å². The molecule has 0 bridgehead atoms. The Bertz CT molecular complexity index is 366. The molecule has 80 valence electrons. The summed E-state index contributed by atoms with van der Waals surface area (Å²) in [6, 6.07) is 7.86. The summed E-state index contributed by atoms with van der Waals surface area (Å²) in [6.45, 7) is 5.96. The Morgan fingerprint density at radius 2 is 2.13 bits per heavy atom. The lowest BCUT2D eigenvalue weighted by Gasteiger charge is -2.28. The van der Waals surface area contributed by atoms with Gasteiger partial charge < -0.3 is 10.2 Å². The quantitative estimate of drug-likeness (QED) is 0.704. The first-order valence-corrected chi connectivity index (χ1v) is 5.30. The number of hydrogen-bond acceptors (Lipinski definition) is 3. The number of anilines is 2. The molecule has 0 radical (unpaired) electrons. The molecule has 0 unspecified atom stereocenters. The van der Waals surface area contributed by atoms with Crippen molar-refractivity contribution in [2.24, 2.45) is 0 Å². The first-order chi connectivity index (χ1) is 7.31. The zero-order chi connectivity index (χ0) is 11.3. The fourth-order valence-corrected chi connectivity index (χ4v) is 1.55. The van der Waals surface area contributed by atoms with E-state index in [-0.39, 0.29) is 0 Å². The molecule has 2 rings (SSSR count). The molecule has 1 aliphatic rings. The van der Waals surface area contributed by atoms with Crippen molar-refractivity contribution >= 4 is 11.4 Å². The van der Waals surface area contributed by atoms with E-state index in [2.05, 4.69) is 16.3 Å². The molecule has 0 spiro atoms. The number of nitrogens with one attached hydrogen (secondary N) is 1. The topological polar surface area (TPSA) is 39.1 Å². The Kier molecular flexibility index (Phi) is 3.99. The van der Waals surface area contributed by atoms with E-state index in [4.69, 9.17) is 5.26 Å². The van der Waals surface area contributed by atoms with Crippen LogP contribution in [0.1, 0.15) is 19.4 Å². The van der Waals surface area contributed by atoms with Gasteiger partial charge in [0.15, 0.2) is 0 Å². The van der Waals surface area contributed by atoms with Crippen molar-refractivity contribution < 1.29 is 0 Å². The largest absolute Gasteiger partial charge is 0.382 e. The van der Waals surface area contributed by atoms with Crippen LogP contribution >= 0.6 is 0 Å². The summed E-state index contributed by atoms with van der Waals surface area (Å²) in [5.74, 6) is 0. The minimum absolute atomic E-state index is 0.717. The van der Waals surface area contributed by atoms with Gasteiger partial charge in [0, 0.05) is 20.1 Å². The zero-order valence-electron chi connectivity index (χ0n) is 9.54. The number of nitrogens with zero attached hydrogens (tertiary/aromatic N) is 2. The molecule has 0 amide bonds. The van der Waals surface area contributed by atoms with Crippen LogP contribution in [0.2, 0.25) is 0 Å². The van der Waals surface area contributed by atoms with Crippen molar-refractivity contribution in [3.05, 3.63) is 23.8 Å². The van der Waals surface area contributed by atoms with E-state index >= 15 is 0 Å². The molecule has 3 nitrogen and oxygen atoms in total. The third-order valence-electron chi connectivity index (χ3n) is 2.30. The SMILES string of the molecule is CC.CN1CCNc2ccc(C#N)cc21. The van der Waals surface area contributed by atoms with Gasteiger partial charge >= 0.3 is 0 Å². The second-order valence-electron chi connectivity index (χ2n) is 3.19. The van der Waals surface area contributed by atoms with Crippen molar-refractivity contribution in [1.29, 1.82) is 5.26 Å². The van der Waals surface area contributed by atoms with Crippen molar-refractivity contribution in [2.75, 3.05) is 30.4 Å². The van der Waals surface area contributed by atoms with Gasteiger partial charge in [-0.3, -0.25) is 0 Å². The van der Waals surface area contributed by atoms with Gasteiger partial charge in [-0.1, -0.05) is 13.8 Å². The maximum absolute atomic E-state index is 8.74. The molecule has 1 aromatic carbocycles. The minimum atomic E-state index is 0.717. The summed E-state index contributed by atoms with van der Waals surface area (Å²) >= 11 is 0. The highest BCUT2D eigenvalue weighted by Crippen LogP contribution is 2.28. The Morgan fingerprint density at radius 3 is 2.80 bits per heavy atom. The molecule has 0 saturated carbocycles. The Labute approximate surface area is 91.3 Å². The number of nitriles is 1. The van der Waals surface area contributed by atoms with Gasteiger partial charge in [-0.2, -0.15) is 5.26 Å². The highest BCUT2D eigenvalue weighted by Gasteiger charge is 2.12. The Balaban J connectivity index is 0.000000531. The van der Waals surface area contributed by atoms with Gasteiger partial charge in [0.05, 0.1) is 23.0 Å². The summed E-state index contributed by atoms with van der Waals surface area (Å²) in [7, 11) is 2.04. The summed E-state index contributed by atoms with van der Waals surface area (Å²) in [4.78, 5) is 2.16. The second kappa shape index (κ2) is 5.26. The number of fused-ring (bicyclic) bond motifs is 1. The van der Waals surface area contributed by atoms with Crippen LogP contribution in [0, 0.1) is 11.3 Å². The number of benzene rings is 1. The predicted molar refractivity (Wildman–Crippen MR) is 64.3 cm³/mol. The molecule has 0 aliphatic carbocycles. The molecular weight excluding hydrogens is 186 g/mol. The average Bonchev–Trinajstić information content (AvgIpc) is 2.32. The van der Waals surface area contributed by atoms with E-state index in [0.717, 1.165) is 24.5 Å². The molecule has 1 aromatic rings. The van der Waals surface area contributed by atoms with Crippen LogP contribution < -0.4 is 10.2 Å². The monoisotopic (exact) mass is 203 g/mol. The molecule has 0 fully saturated rings. The van der Waals surface area contributed by atoms with Crippen molar-refractivity contribution in [3.63, 3.8) is 0 Å². The first kappa shape index (κ1) is 11.4. The van der Waals surface area contributed by atoms with Crippen LogP contribution in [0.15, 0.2) is 18.2 Å². The van der Waals surface area contributed by atoms with Crippen molar-refractivity contribution in [1.82, 2.24) is 0 Å². The molecule has 1 aliphatic heterocycles. The third kappa shape index (κ3) is 2.41. The van der Waals surface area contributed by atoms with Crippen LogP contribution in [0.4, 0.5) is 11.4 Å². The highest BCUT2D eigenvalue weighted by atomic mass is 15.2. The van der Waals surface area contributed by atoms with Crippen LogP contribution in [0.25, 0.3) is 0 Å². The molecule has 3 heteroatoms. The van der Waals surface area contributed by atoms with E-state index in [0.29, 0.717) is 5.56 Å². The number of hydrogen-bond donors (Lipinski definition) is 1. The zero-order valence-corrected chi connectivity index (χ0v) is 9.54. The van der Waals surface area contributed by atoms with E-state index in [1.54, 1.807) is 0 Å². The predicted octanol–water partition coefficient (Wildman–Crippen LogP) is 2.45. The van der Waals surface area contributed by atoms with Gasteiger partial charge in [0.25, 0.3) is 0 Å². The maximum atomic E-state index is 8.74. The summed E-state index contributed by atoms with van der Waals surface area (Å²) < 4.78 is 0. The molecule has 0 atom stereocenters. The second-order valence-corrected chi connectivity index (χ2v) is 3.19. The number of likely N-dealkylation sites (N-methyl/N-ethyl adjacent to an activating group) is 1. The standard InChI is InChI=1S/C10H11N3.C2H6/c1-13-5-4-12-9-3-2-8(7-11)6-10(9)13;1-2/h2-3,6,12H,4-5H2,1H3;1-2H3. The molecule has 15 heavy (non-hydrogen) atoms. The van der Waals surface area contributed by atoms with Crippen LogP contribution in [0.5, 0.6) is 0 Å². The molecular formula is C12H17N3. The smallest absolute Gasteiger partial charge is 0.0992 e.